The zero-order chi connectivity index (χ0) is 30.0. The Morgan fingerprint density at radius 2 is 0.875 bits per heavy atom. The Morgan fingerprint density at radius 3 is 1.30 bits per heavy atom. The van der Waals surface area contributed by atoms with Crippen LogP contribution in [0.5, 0.6) is 0 Å². The predicted octanol–water partition coefficient (Wildman–Crippen LogP) is 5.08. The van der Waals surface area contributed by atoms with Crippen LogP contribution in [0.2, 0.25) is 0 Å². The van der Waals surface area contributed by atoms with Gasteiger partial charge < -0.3 is 26.2 Å². The molecule has 5 N–H and O–H groups in total. The maximum absolute atomic E-state index is 12.3. The maximum atomic E-state index is 12.3. The fourth-order valence-electron chi connectivity index (χ4n) is 4.39. The molecule has 0 saturated heterocycles. The van der Waals surface area contributed by atoms with Gasteiger partial charge in [0, 0.05) is 25.8 Å². The van der Waals surface area contributed by atoms with Crippen molar-refractivity contribution < 1.29 is 34.2 Å². The number of hydrogen-bond donors (Lipinski definition) is 5. The molecule has 0 aliphatic rings. The Morgan fingerprint density at radius 1 is 0.500 bits per heavy atom. The average Bonchev–Trinajstić information content (AvgIpc) is 2.91. The number of amides is 3. The first-order chi connectivity index (χ1) is 19.2. The predicted molar refractivity (Wildman–Crippen MR) is 156 cm³/mol. The van der Waals surface area contributed by atoms with E-state index in [-0.39, 0.29) is 43.9 Å². The van der Waals surface area contributed by atoms with Crippen molar-refractivity contribution in [1.29, 1.82) is 0 Å². The molecule has 232 valence electrons. The van der Waals surface area contributed by atoms with Crippen molar-refractivity contribution in [3.05, 3.63) is 0 Å². The quantitative estimate of drug-likeness (QED) is 0.0861. The van der Waals surface area contributed by atoms with Crippen molar-refractivity contribution in [2.24, 2.45) is 0 Å². The normalized spacial score (nSPS) is 12.3. The second-order valence-corrected chi connectivity index (χ2v) is 10.7. The van der Waals surface area contributed by atoms with Crippen molar-refractivity contribution in [1.82, 2.24) is 16.0 Å². The van der Waals surface area contributed by atoms with E-state index in [9.17, 15) is 34.2 Å². The van der Waals surface area contributed by atoms with Crippen LogP contribution in [0.4, 0.5) is 0 Å². The number of carboxylic acid groups (broad SMARTS) is 2. The summed E-state index contributed by atoms with van der Waals surface area (Å²) in [5.41, 5.74) is 0. The molecule has 0 heterocycles. The van der Waals surface area contributed by atoms with Gasteiger partial charge in [-0.25, -0.2) is 9.59 Å². The largest absolute Gasteiger partial charge is 0.480 e. The fourth-order valence-corrected chi connectivity index (χ4v) is 4.39. The van der Waals surface area contributed by atoms with Crippen LogP contribution in [0.25, 0.3) is 0 Å². The number of unbranched alkanes of at least 4 members (excludes halogenated alkanes) is 13. The summed E-state index contributed by atoms with van der Waals surface area (Å²) in [6.07, 6.45) is 16.9. The highest BCUT2D eigenvalue weighted by molar-refractivity contribution is 5.86. The molecule has 10 nitrogen and oxygen atoms in total. The van der Waals surface area contributed by atoms with E-state index in [1.165, 1.54) is 57.8 Å². The molecule has 0 aromatic carbocycles. The zero-order valence-corrected chi connectivity index (χ0v) is 24.9. The molecule has 0 bridgehead atoms. The fraction of sp³-hybridized carbons (Fsp3) is 0.833. The molecule has 0 aliphatic carbocycles. The standard InChI is InChI=1S/C30H55N3O7/c1-3-5-7-8-9-10-11-12-13-14-15-16-17-18-27(35)32-25(30(39)40)20-22-28(36)33-24(29(37)38)19-21-26(34)31-23-6-4-2/h24-25H,3-23H2,1-2H3,(H,31,34)(H,32,35)(H,33,36)(H,37,38)(H,39,40)/t24-,25-/m0/s1. The Hall–Kier alpha value is -2.65. The molecule has 0 radical (unpaired) electrons. The summed E-state index contributed by atoms with van der Waals surface area (Å²) in [5.74, 6) is -3.81. The third-order valence-electron chi connectivity index (χ3n) is 6.95. The molecule has 3 amide bonds. The van der Waals surface area contributed by atoms with Crippen LogP contribution in [0.15, 0.2) is 0 Å². The Labute approximate surface area is 240 Å². The molecular formula is C30H55N3O7. The van der Waals surface area contributed by atoms with Gasteiger partial charge in [0.1, 0.15) is 12.1 Å². The van der Waals surface area contributed by atoms with Crippen LogP contribution < -0.4 is 16.0 Å². The Balaban J connectivity index is 4.12. The molecule has 0 fully saturated rings. The molecule has 40 heavy (non-hydrogen) atoms. The molecule has 0 aromatic rings. The molecule has 0 spiro atoms. The van der Waals surface area contributed by atoms with Gasteiger partial charge >= 0.3 is 11.9 Å². The lowest BCUT2D eigenvalue weighted by atomic mass is 10.0. The number of hydrogen-bond acceptors (Lipinski definition) is 5. The SMILES string of the molecule is CCCCCCCCCCCCCCCC(=O)N[C@@H](CCC(=O)N[C@@H](CCC(=O)NCCCC)C(=O)O)C(=O)O. The van der Waals surface area contributed by atoms with Crippen LogP contribution in [-0.2, 0) is 24.0 Å². The minimum absolute atomic E-state index is 0.0477. The topological polar surface area (TPSA) is 162 Å². The summed E-state index contributed by atoms with van der Waals surface area (Å²) in [6.45, 7) is 4.73. The maximum Gasteiger partial charge on any atom is 0.326 e. The highest BCUT2D eigenvalue weighted by Crippen LogP contribution is 2.13. The van der Waals surface area contributed by atoms with Gasteiger partial charge in [0.05, 0.1) is 0 Å². The summed E-state index contributed by atoms with van der Waals surface area (Å²) in [5, 5.41) is 26.3. The second kappa shape index (κ2) is 25.3. The van der Waals surface area contributed by atoms with Gasteiger partial charge in [0.2, 0.25) is 17.7 Å². The lowest BCUT2D eigenvalue weighted by Gasteiger charge is -2.17. The minimum atomic E-state index is -1.27. The van der Waals surface area contributed by atoms with Crippen molar-refractivity contribution in [2.45, 2.75) is 154 Å². The van der Waals surface area contributed by atoms with Crippen molar-refractivity contribution in [3.8, 4) is 0 Å². The second-order valence-electron chi connectivity index (χ2n) is 10.7. The van der Waals surface area contributed by atoms with Gasteiger partial charge in [-0.2, -0.15) is 0 Å². The Bertz CT molecular complexity index is 730. The van der Waals surface area contributed by atoms with E-state index in [1.807, 2.05) is 6.92 Å². The third-order valence-corrected chi connectivity index (χ3v) is 6.95. The first-order valence-corrected chi connectivity index (χ1v) is 15.5. The van der Waals surface area contributed by atoms with Gasteiger partial charge in [-0.1, -0.05) is 97.3 Å². The molecular weight excluding hydrogens is 514 g/mol. The van der Waals surface area contributed by atoms with E-state index in [2.05, 4.69) is 22.9 Å². The van der Waals surface area contributed by atoms with Gasteiger partial charge in [-0.3, -0.25) is 14.4 Å². The minimum Gasteiger partial charge on any atom is -0.480 e. The first-order valence-electron chi connectivity index (χ1n) is 15.5. The van der Waals surface area contributed by atoms with Crippen LogP contribution in [0, 0.1) is 0 Å². The first kappa shape index (κ1) is 37.4. The summed E-state index contributed by atoms with van der Waals surface area (Å²) in [6, 6.07) is -2.48. The molecule has 10 heteroatoms. The van der Waals surface area contributed by atoms with Crippen molar-refractivity contribution in [2.75, 3.05) is 6.54 Å². The highest BCUT2D eigenvalue weighted by atomic mass is 16.4. The Kier molecular flexibility index (Phi) is 23.6. The van der Waals surface area contributed by atoms with Gasteiger partial charge in [0.15, 0.2) is 0 Å². The van der Waals surface area contributed by atoms with Gasteiger partial charge in [-0.05, 0) is 25.7 Å². The molecule has 0 unspecified atom stereocenters. The molecule has 2 atom stereocenters. The average molecular weight is 570 g/mol. The van der Waals surface area contributed by atoms with E-state index in [0.717, 1.165) is 32.1 Å². The molecule has 0 saturated carbocycles. The third kappa shape index (κ3) is 22.2. The summed E-state index contributed by atoms with van der Waals surface area (Å²) >= 11 is 0. The van der Waals surface area contributed by atoms with Crippen LogP contribution >= 0.6 is 0 Å². The summed E-state index contributed by atoms with van der Waals surface area (Å²) in [7, 11) is 0. The lowest BCUT2D eigenvalue weighted by Crippen LogP contribution is -2.44. The van der Waals surface area contributed by atoms with Crippen LogP contribution in [0.1, 0.15) is 142 Å². The van der Waals surface area contributed by atoms with Gasteiger partial charge in [0.25, 0.3) is 0 Å². The number of rotatable bonds is 27. The number of aliphatic carboxylic acids is 2. The van der Waals surface area contributed by atoms with Crippen LogP contribution in [0.3, 0.4) is 0 Å². The highest BCUT2D eigenvalue weighted by Gasteiger charge is 2.24. The van der Waals surface area contributed by atoms with Crippen LogP contribution in [-0.4, -0.2) is 58.5 Å². The summed E-state index contributed by atoms with van der Waals surface area (Å²) in [4.78, 5) is 59.3. The summed E-state index contributed by atoms with van der Waals surface area (Å²) < 4.78 is 0. The molecule has 0 rings (SSSR count). The van der Waals surface area contributed by atoms with Crippen molar-refractivity contribution >= 4 is 29.7 Å². The smallest absolute Gasteiger partial charge is 0.326 e. The number of carbonyl (C=O) groups excluding carboxylic acids is 3. The lowest BCUT2D eigenvalue weighted by molar-refractivity contribution is -0.143. The van der Waals surface area contributed by atoms with Crippen molar-refractivity contribution in [3.63, 3.8) is 0 Å². The van der Waals surface area contributed by atoms with E-state index in [4.69, 9.17) is 0 Å². The monoisotopic (exact) mass is 569 g/mol. The van der Waals surface area contributed by atoms with E-state index in [0.29, 0.717) is 13.0 Å². The zero-order valence-electron chi connectivity index (χ0n) is 24.9. The van der Waals surface area contributed by atoms with E-state index < -0.39 is 29.9 Å². The molecule has 0 aliphatic heterocycles. The van der Waals surface area contributed by atoms with E-state index in [1.54, 1.807) is 0 Å². The number of carboxylic acids is 2. The van der Waals surface area contributed by atoms with E-state index >= 15 is 0 Å². The van der Waals surface area contributed by atoms with Gasteiger partial charge in [-0.15, -0.1) is 0 Å². The number of nitrogens with one attached hydrogen (secondary N) is 3. The number of carbonyl (C=O) groups is 5. The molecule has 0 aromatic heterocycles.